The van der Waals surface area contributed by atoms with Crippen LogP contribution >= 0.6 is 7.60 Å². The summed E-state index contributed by atoms with van der Waals surface area (Å²) in [7, 11) is -1.60. The number of carbonyl (C=O) groups is 1. The summed E-state index contributed by atoms with van der Waals surface area (Å²) in [4.78, 5) is 11.8. The molecule has 0 heterocycles. The minimum Gasteiger partial charge on any atom is -0.358 e. The van der Waals surface area contributed by atoms with E-state index in [4.69, 9.17) is 14.8 Å². The molecule has 1 atom stereocenters. The van der Waals surface area contributed by atoms with Crippen LogP contribution in [0.2, 0.25) is 0 Å². The molecule has 0 rings (SSSR count). The summed E-state index contributed by atoms with van der Waals surface area (Å²) in [6.45, 7) is 4.71. The van der Waals surface area contributed by atoms with Gasteiger partial charge in [-0.25, -0.2) is 0 Å². The van der Waals surface area contributed by atoms with Gasteiger partial charge in [-0.1, -0.05) is 6.42 Å². The van der Waals surface area contributed by atoms with E-state index in [1.807, 2.05) is 0 Å². The van der Waals surface area contributed by atoms with E-state index in [1.54, 1.807) is 20.9 Å². The van der Waals surface area contributed by atoms with Crippen LogP contribution in [0.25, 0.3) is 0 Å². The summed E-state index contributed by atoms with van der Waals surface area (Å²) in [6, 6.07) is -0.416. The number of likely N-dealkylation sites (N-methyl/N-ethyl adjacent to an activating group) is 1. The first-order valence-corrected chi connectivity index (χ1v) is 8.78. The highest BCUT2D eigenvalue weighted by Gasteiger charge is 2.26. The SMILES string of the molecule is CCOP(=O)(CN[C@@H](CCCCN)C(=O)NC)OCC. The van der Waals surface area contributed by atoms with Crippen molar-refractivity contribution in [3.8, 4) is 0 Å². The van der Waals surface area contributed by atoms with Gasteiger partial charge in [0.2, 0.25) is 5.91 Å². The normalized spacial score (nSPS) is 13.2. The third-order valence-corrected chi connectivity index (χ3v) is 4.57. The molecule has 0 aliphatic heterocycles. The molecule has 4 N–H and O–H groups in total. The Morgan fingerprint density at radius 3 is 2.30 bits per heavy atom. The van der Waals surface area contributed by atoms with E-state index in [9.17, 15) is 9.36 Å². The van der Waals surface area contributed by atoms with Gasteiger partial charge in [-0.15, -0.1) is 0 Å². The smallest absolute Gasteiger partial charge is 0.344 e. The maximum atomic E-state index is 12.3. The maximum Gasteiger partial charge on any atom is 0.344 e. The zero-order valence-corrected chi connectivity index (χ0v) is 13.6. The fourth-order valence-corrected chi connectivity index (χ4v) is 3.22. The van der Waals surface area contributed by atoms with Crippen molar-refractivity contribution >= 4 is 13.5 Å². The Morgan fingerprint density at radius 2 is 1.85 bits per heavy atom. The minimum atomic E-state index is -3.18. The van der Waals surface area contributed by atoms with Gasteiger partial charge in [0.25, 0.3) is 0 Å². The molecule has 0 fully saturated rings. The van der Waals surface area contributed by atoms with Gasteiger partial charge in [-0.2, -0.15) is 0 Å². The molecular formula is C12H28N3O4P. The molecule has 0 unspecified atom stereocenters. The predicted octanol–water partition coefficient (Wildman–Crippen LogP) is 1.04. The van der Waals surface area contributed by atoms with Crippen LogP contribution in [0.3, 0.4) is 0 Å². The minimum absolute atomic E-state index is 0.0232. The van der Waals surface area contributed by atoms with Crippen LogP contribution in [0, 0.1) is 0 Å². The van der Waals surface area contributed by atoms with Gasteiger partial charge in [0, 0.05) is 7.05 Å². The topological polar surface area (TPSA) is 103 Å². The lowest BCUT2D eigenvalue weighted by Crippen LogP contribution is -2.43. The number of unbranched alkanes of at least 4 members (excludes halogenated alkanes) is 1. The quantitative estimate of drug-likeness (QED) is 0.368. The summed E-state index contributed by atoms with van der Waals surface area (Å²) in [6.07, 6.45) is 2.34. The fourth-order valence-electron chi connectivity index (χ4n) is 1.74. The van der Waals surface area contributed by atoms with E-state index in [1.165, 1.54) is 0 Å². The molecule has 0 saturated heterocycles. The van der Waals surface area contributed by atoms with Crippen molar-refractivity contribution in [1.29, 1.82) is 0 Å². The lowest BCUT2D eigenvalue weighted by molar-refractivity contribution is -0.122. The molecule has 0 saturated carbocycles. The van der Waals surface area contributed by atoms with Gasteiger partial charge in [0.15, 0.2) is 0 Å². The number of hydrogen-bond donors (Lipinski definition) is 3. The zero-order valence-electron chi connectivity index (χ0n) is 12.7. The zero-order chi connectivity index (χ0) is 15.4. The Balaban J connectivity index is 4.47. The summed E-state index contributed by atoms with van der Waals surface area (Å²) >= 11 is 0. The number of carbonyl (C=O) groups excluding carboxylic acids is 1. The van der Waals surface area contributed by atoms with Gasteiger partial charge < -0.3 is 20.1 Å². The monoisotopic (exact) mass is 309 g/mol. The molecule has 1 amide bonds. The summed E-state index contributed by atoms with van der Waals surface area (Å²) in [5.41, 5.74) is 5.44. The number of nitrogens with one attached hydrogen (secondary N) is 2. The number of nitrogens with two attached hydrogens (primary N) is 1. The molecule has 0 aromatic heterocycles. The average molecular weight is 309 g/mol. The molecule has 0 aliphatic carbocycles. The summed E-state index contributed by atoms with van der Waals surface area (Å²) in [5, 5.41) is 5.56. The van der Waals surface area contributed by atoms with Crippen molar-refractivity contribution in [3.05, 3.63) is 0 Å². The van der Waals surface area contributed by atoms with E-state index < -0.39 is 13.6 Å². The van der Waals surface area contributed by atoms with Crippen LogP contribution in [-0.4, -0.2) is 45.0 Å². The molecule has 0 bridgehead atoms. The lowest BCUT2D eigenvalue weighted by atomic mass is 10.1. The first-order valence-electron chi connectivity index (χ1n) is 7.06. The van der Waals surface area contributed by atoms with Crippen LogP contribution in [0.15, 0.2) is 0 Å². The Morgan fingerprint density at radius 1 is 1.25 bits per heavy atom. The van der Waals surface area contributed by atoms with E-state index >= 15 is 0 Å². The molecule has 0 spiro atoms. The van der Waals surface area contributed by atoms with Gasteiger partial charge in [0.1, 0.15) is 0 Å². The highest BCUT2D eigenvalue weighted by Crippen LogP contribution is 2.46. The predicted molar refractivity (Wildman–Crippen MR) is 79.6 cm³/mol. The molecule has 0 aromatic rings. The number of hydrogen-bond acceptors (Lipinski definition) is 6. The van der Waals surface area contributed by atoms with Crippen LogP contribution < -0.4 is 16.4 Å². The number of amides is 1. The molecule has 7 nitrogen and oxygen atoms in total. The molecule has 0 radical (unpaired) electrons. The van der Waals surface area contributed by atoms with E-state index in [2.05, 4.69) is 10.6 Å². The molecule has 120 valence electrons. The van der Waals surface area contributed by atoms with Gasteiger partial charge in [-0.3, -0.25) is 14.7 Å². The van der Waals surface area contributed by atoms with Gasteiger partial charge >= 0.3 is 7.60 Å². The maximum absolute atomic E-state index is 12.3. The third kappa shape index (κ3) is 7.97. The Kier molecular flexibility index (Phi) is 11.0. The van der Waals surface area contributed by atoms with Crippen molar-refractivity contribution in [1.82, 2.24) is 10.6 Å². The fraction of sp³-hybridized carbons (Fsp3) is 0.917. The third-order valence-electron chi connectivity index (χ3n) is 2.69. The van der Waals surface area contributed by atoms with Crippen molar-refractivity contribution in [2.24, 2.45) is 5.73 Å². The average Bonchev–Trinajstić information content (AvgIpc) is 2.42. The van der Waals surface area contributed by atoms with Crippen molar-refractivity contribution in [3.63, 3.8) is 0 Å². The molecule has 0 aliphatic rings. The Bertz CT molecular complexity index is 305. The molecule has 0 aromatic carbocycles. The number of rotatable bonds is 12. The van der Waals surface area contributed by atoms with Crippen LogP contribution in [-0.2, 0) is 18.4 Å². The second-order valence-corrected chi connectivity index (χ2v) is 6.31. The summed E-state index contributed by atoms with van der Waals surface area (Å²) in [5.74, 6) is -0.137. The van der Waals surface area contributed by atoms with Crippen molar-refractivity contribution < 1.29 is 18.4 Å². The van der Waals surface area contributed by atoms with Gasteiger partial charge in [0.05, 0.1) is 25.5 Å². The Labute approximate surface area is 121 Å². The highest BCUT2D eigenvalue weighted by molar-refractivity contribution is 7.53. The van der Waals surface area contributed by atoms with Crippen LogP contribution in [0.1, 0.15) is 33.1 Å². The van der Waals surface area contributed by atoms with E-state index in [-0.39, 0.29) is 12.2 Å². The lowest BCUT2D eigenvalue weighted by Gasteiger charge is -2.22. The second-order valence-electron chi connectivity index (χ2n) is 4.26. The highest BCUT2D eigenvalue weighted by atomic mass is 31.2. The van der Waals surface area contributed by atoms with Crippen LogP contribution in [0.5, 0.6) is 0 Å². The second kappa shape index (κ2) is 11.2. The van der Waals surface area contributed by atoms with Crippen LogP contribution in [0.4, 0.5) is 0 Å². The molecule has 20 heavy (non-hydrogen) atoms. The van der Waals surface area contributed by atoms with Crippen molar-refractivity contribution in [2.45, 2.75) is 39.2 Å². The molecular weight excluding hydrogens is 281 g/mol. The standard InChI is InChI=1S/C12H28N3O4P/c1-4-18-20(17,19-5-2)10-15-11(12(16)14-3)8-6-7-9-13/h11,15H,4-10,13H2,1-3H3,(H,14,16)/t11-/m0/s1. The largest absolute Gasteiger partial charge is 0.358 e. The summed E-state index contributed by atoms with van der Waals surface area (Å²) < 4.78 is 22.7. The first kappa shape index (κ1) is 19.5. The van der Waals surface area contributed by atoms with Crippen molar-refractivity contribution in [2.75, 3.05) is 33.1 Å². The van der Waals surface area contributed by atoms with E-state index in [0.29, 0.717) is 26.2 Å². The van der Waals surface area contributed by atoms with Gasteiger partial charge in [-0.05, 0) is 33.2 Å². The Hall–Kier alpha value is -0.460. The molecule has 8 heteroatoms. The van der Waals surface area contributed by atoms with E-state index in [0.717, 1.165) is 12.8 Å². The first-order chi connectivity index (χ1) is 9.52.